The Hall–Kier alpha value is -6.39. The molecule has 3 aliphatic heterocycles. The van der Waals surface area contributed by atoms with E-state index in [2.05, 4.69) is 10.6 Å². The van der Waals surface area contributed by atoms with Crippen LogP contribution < -0.4 is 25.0 Å². The van der Waals surface area contributed by atoms with Crippen LogP contribution in [0.4, 0.5) is 21.9 Å². The number of benzene rings is 3. The topological polar surface area (TPSA) is 187 Å². The first-order chi connectivity index (χ1) is 29.0. The lowest BCUT2D eigenvalue weighted by atomic mass is 10.00. The molecule has 3 N–H and O–H groups in total. The summed E-state index contributed by atoms with van der Waals surface area (Å²) in [5.41, 5.74) is 3.91. The van der Waals surface area contributed by atoms with Gasteiger partial charge in [-0.1, -0.05) is 12.1 Å². The van der Waals surface area contributed by atoms with Crippen molar-refractivity contribution in [3.8, 4) is 22.6 Å². The third-order valence-corrected chi connectivity index (χ3v) is 10.9. The second-order valence-electron chi connectivity index (χ2n) is 14.9. The Labute approximate surface area is 347 Å². The van der Waals surface area contributed by atoms with E-state index in [0.717, 1.165) is 41.7 Å². The van der Waals surface area contributed by atoms with E-state index in [4.69, 9.17) is 23.7 Å². The lowest BCUT2D eigenvalue weighted by Crippen LogP contribution is -2.57. The highest BCUT2D eigenvalue weighted by molar-refractivity contribution is 6.06. The molecule has 0 radical (unpaired) electrons. The van der Waals surface area contributed by atoms with Gasteiger partial charge < -0.3 is 48.9 Å². The quantitative estimate of drug-likeness (QED) is 0.0941. The number of nitrogens with zero attached hydrogens (tertiary/aromatic N) is 3. The standard InChI is InChI=1S/C44H49N5O11/c1-47-26-29(23-35(47)43(53)57-3)27-12-16-31(17-13-27)46-40(51)28-14-18-30(19-15-28)45-38(50)10-8-22-58-37-25-34-32(24-36(37)56-2)41(52)48-20-6-4-9-33(48)42(49(34)44(54)55)60-39-11-5-7-21-59-39/h12-19,23-26,33,39,42H,4-11,20-22H2,1-3H3,(H,45,50)(H,46,51)(H,54,55)/t33-,39?,42?/m0/s1. The molecule has 316 valence electrons. The van der Waals surface area contributed by atoms with E-state index in [0.29, 0.717) is 55.0 Å². The Bertz CT molecular complexity index is 2220. The van der Waals surface area contributed by atoms with Crippen molar-refractivity contribution in [2.75, 3.05) is 49.5 Å². The summed E-state index contributed by atoms with van der Waals surface area (Å²) in [6.07, 6.45) is 4.01. The number of methoxy groups -OCH3 is 2. The molecule has 2 saturated heterocycles. The normalized spacial score (nSPS) is 18.7. The molecule has 2 unspecified atom stereocenters. The third-order valence-electron chi connectivity index (χ3n) is 10.9. The van der Waals surface area contributed by atoms with Crippen LogP contribution in [-0.4, -0.2) is 96.9 Å². The molecule has 4 aromatic rings. The summed E-state index contributed by atoms with van der Waals surface area (Å²) < 4.78 is 30.4. The number of carbonyl (C=O) groups is 5. The molecule has 1 aromatic heterocycles. The Morgan fingerprint density at radius 3 is 2.30 bits per heavy atom. The maximum atomic E-state index is 14.0. The molecule has 60 heavy (non-hydrogen) atoms. The highest BCUT2D eigenvalue weighted by Gasteiger charge is 2.46. The molecule has 0 saturated carbocycles. The SMILES string of the molecule is COC(=O)c1cc(-c2ccc(NC(=O)c3ccc(NC(=O)CCCOc4cc5c(cc4OC)C(=O)N4CCCC[C@H]4C(OC4CCCCO4)N5C(=O)O)cc3)cc2)cn1C. The molecule has 0 aliphatic carbocycles. The highest BCUT2D eigenvalue weighted by Crippen LogP contribution is 2.42. The van der Waals surface area contributed by atoms with Gasteiger partial charge in [0, 0.05) is 61.4 Å². The van der Waals surface area contributed by atoms with Crippen molar-refractivity contribution >= 4 is 46.8 Å². The number of carboxylic acid groups (broad SMARTS) is 1. The fourth-order valence-electron chi connectivity index (χ4n) is 7.82. The first-order valence-electron chi connectivity index (χ1n) is 20.1. The van der Waals surface area contributed by atoms with E-state index in [-0.39, 0.29) is 53.5 Å². The average Bonchev–Trinajstić information content (AvgIpc) is 3.62. The molecule has 0 spiro atoms. The van der Waals surface area contributed by atoms with Gasteiger partial charge in [-0.2, -0.15) is 0 Å². The summed E-state index contributed by atoms with van der Waals surface area (Å²) in [4.78, 5) is 67.6. The summed E-state index contributed by atoms with van der Waals surface area (Å²) >= 11 is 0. The summed E-state index contributed by atoms with van der Waals surface area (Å²) in [6, 6.07) is 18.0. The summed E-state index contributed by atoms with van der Waals surface area (Å²) in [7, 11) is 4.54. The molecule has 16 heteroatoms. The van der Waals surface area contributed by atoms with Crippen LogP contribution in [0.25, 0.3) is 11.1 Å². The minimum absolute atomic E-state index is 0.0914. The van der Waals surface area contributed by atoms with Gasteiger partial charge in [0.15, 0.2) is 24.0 Å². The number of rotatable bonds is 13. The number of hydrogen-bond donors (Lipinski definition) is 3. The number of piperidine rings is 1. The average molecular weight is 824 g/mol. The summed E-state index contributed by atoms with van der Waals surface area (Å²) in [6.45, 7) is 1.08. The molecule has 2 fully saturated rings. The molecule has 16 nitrogen and oxygen atoms in total. The maximum absolute atomic E-state index is 14.0. The van der Waals surface area contributed by atoms with Crippen LogP contribution in [0.2, 0.25) is 0 Å². The lowest BCUT2D eigenvalue weighted by Gasteiger charge is -2.42. The zero-order chi connectivity index (χ0) is 42.3. The van der Waals surface area contributed by atoms with E-state index >= 15 is 0 Å². The van der Waals surface area contributed by atoms with Crippen molar-refractivity contribution in [3.63, 3.8) is 0 Å². The number of carbonyl (C=O) groups excluding carboxylic acids is 4. The van der Waals surface area contributed by atoms with Gasteiger partial charge in [0.25, 0.3) is 11.8 Å². The molecule has 0 bridgehead atoms. The van der Waals surface area contributed by atoms with Crippen LogP contribution in [0, 0.1) is 0 Å². The van der Waals surface area contributed by atoms with Crippen molar-refractivity contribution in [1.82, 2.24) is 9.47 Å². The fourth-order valence-corrected chi connectivity index (χ4v) is 7.82. The Morgan fingerprint density at radius 2 is 1.60 bits per heavy atom. The van der Waals surface area contributed by atoms with Crippen molar-refractivity contribution in [2.24, 2.45) is 7.05 Å². The molecule has 3 aliphatic rings. The molecular formula is C44H49N5O11. The van der Waals surface area contributed by atoms with Crippen molar-refractivity contribution < 1.29 is 52.8 Å². The number of ether oxygens (including phenoxy) is 5. The van der Waals surface area contributed by atoms with Crippen LogP contribution in [0.1, 0.15) is 82.6 Å². The number of aryl methyl sites for hydroxylation is 1. The predicted octanol–water partition coefficient (Wildman–Crippen LogP) is 6.90. The molecule has 4 heterocycles. The van der Waals surface area contributed by atoms with Gasteiger partial charge in [0.1, 0.15) is 5.69 Å². The number of nitrogens with one attached hydrogen (secondary N) is 2. The van der Waals surface area contributed by atoms with Crippen molar-refractivity contribution in [1.29, 1.82) is 0 Å². The van der Waals surface area contributed by atoms with Gasteiger partial charge in [0.05, 0.1) is 38.1 Å². The number of anilines is 3. The molecule has 3 aromatic carbocycles. The fraction of sp³-hybridized carbons (Fsp3) is 0.386. The second-order valence-corrected chi connectivity index (χ2v) is 14.9. The van der Waals surface area contributed by atoms with Gasteiger partial charge >= 0.3 is 12.1 Å². The van der Waals surface area contributed by atoms with Crippen LogP contribution in [0.3, 0.4) is 0 Å². The van der Waals surface area contributed by atoms with E-state index in [9.17, 15) is 29.1 Å². The monoisotopic (exact) mass is 823 g/mol. The number of esters is 1. The number of hydrogen-bond acceptors (Lipinski definition) is 10. The van der Waals surface area contributed by atoms with Gasteiger partial charge in [-0.05, 0) is 99.0 Å². The predicted molar refractivity (Wildman–Crippen MR) is 221 cm³/mol. The summed E-state index contributed by atoms with van der Waals surface area (Å²) in [5.74, 6) is -0.859. The van der Waals surface area contributed by atoms with E-state index in [1.807, 2.05) is 18.3 Å². The van der Waals surface area contributed by atoms with Crippen LogP contribution in [0.5, 0.6) is 11.5 Å². The third kappa shape index (κ3) is 9.24. The molecule has 7 rings (SSSR count). The maximum Gasteiger partial charge on any atom is 0.414 e. The van der Waals surface area contributed by atoms with E-state index < -0.39 is 30.6 Å². The smallest absolute Gasteiger partial charge is 0.414 e. The molecule has 4 amide bonds. The largest absolute Gasteiger partial charge is 0.493 e. The van der Waals surface area contributed by atoms with Gasteiger partial charge in [-0.15, -0.1) is 0 Å². The first kappa shape index (κ1) is 41.8. The van der Waals surface area contributed by atoms with Crippen molar-refractivity contribution in [3.05, 3.63) is 89.7 Å². The minimum Gasteiger partial charge on any atom is -0.493 e. The number of aromatic nitrogens is 1. The molecular weight excluding hydrogens is 775 g/mol. The second kappa shape index (κ2) is 18.7. The minimum atomic E-state index is -1.27. The zero-order valence-electron chi connectivity index (χ0n) is 33.8. The van der Waals surface area contributed by atoms with Crippen molar-refractivity contribution in [2.45, 2.75) is 69.9 Å². The Balaban J connectivity index is 0.944. The Kier molecular flexibility index (Phi) is 13.0. The lowest BCUT2D eigenvalue weighted by molar-refractivity contribution is -0.198. The van der Waals surface area contributed by atoms with Crippen LogP contribution in [-0.2, 0) is 26.1 Å². The van der Waals surface area contributed by atoms with Crippen LogP contribution in [0.15, 0.2) is 72.9 Å². The molecule has 3 atom stereocenters. The number of fused-ring (bicyclic) bond motifs is 2. The summed E-state index contributed by atoms with van der Waals surface area (Å²) in [5, 5.41) is 16.3. The number of amides is 4. The van der Waals surface area contributed by atoms with E-state index in [1.54, 1.807) is 59.0 Å². The van der Waals surface area contributed by atoms with E-state index in [1.165, 1.54) is 26.4 Å². The van der Waals surface area contributed by atoms with Crippen LogP contribution >= 0.6 is 0 Å². The van der Waals surface area contributed by atoms with Gasteiger partial charge in [0.2, 0.25) is 5.91 Å². The first-order valence-corrected chi connectivity index (χ1v) is 20.1. The Morgan fingerprint density at radius 1 is 0.867 bits per heavy atom. The highest BCUT2D eigenvalue weighted by atomic mass is 16.7. The zero-order valence-corrected chi connectivity index (χ0v) is 33.8. The van der Waals surface area contributed by atoms with Gasteiger partial charge in [-0.25, -0.2) is 14.5 Å². The van der Waals surface area contributed by atoms with Gasteiger partial charge in [-0.3, -0.25) is 14.4 Å².